The predicted octanol–water partition coefficient (Wildman–Crippen LogP) is 5.24. The molecule has 1 N–H and O–H groups in total. The molecule has 0 bridgehead atoms. The molecule has 1 unspecified atom stereocenters. The third kappa shape index (κ3) is 5.57. The zero-order valence-corrected chi connectivity index (χ0v) is 19.4. The first kappa shape index (κ1) is 25.0. The number of urea groups is 1. The monoisotopic (exact) mass is 518 g/mol. The minimum atomic E-state index is -4.86. The standard InChI is InChI=1S/C24H18ClF3N4O4/c1-14-22(34)32(18-6-8-19(9-7-18)36-24(26,27)28)23(35)31(14)13-15-10-11-29-20(12-15)30-21(33)16-2-4-17(25)5-3-16/h2-12,14H,13H2,1H3,(H,29,30,33). The maximum absolute atomic E-state index is 13.0. The largest absolute Gasteiger partial charge is 0.573 e. The van der Waals surface area contributed by atoms with Crippen molar-refractivity contribution >= 4 is 41.0 Å². The average molecular weight is 519 g/mol. The highest BCUT2D eigenvalue weighted by atomic mass is 35.5. The van der Waals surface area contributed by atoms with Crippen LogP contribution in [0.1, 0.15) is 22.8 Å². The van der Waals surface area contributed by atoms with Crippen molar-refractivity contribution in [3.05, 3.63) is 83.0 Å². The molecule has 4 rings (SSSR count). The normalized spacial score (nSPS) is 15.9. The number of imide groups is 1. The second kappa shape index (κ2) is 9.86. The molecule has 0 spiro atoms. The van der Waals surface area contributed by atoms with Gasteiger partial charge in [-0.1, -0.05) is 11.6 Å². The molecular weight excluding hydrogens is 501 g/mol. The average Bonchev–Trinajstić information content (AvgIpc) is 3.02. The molecule has 1 aliphatic rings. The Morgan fingerprint density at radius 1 is 1.08 bits per heavy atom. The number of hydrogen-bond acceptors (Lipinski definition) is 5. The molecule has 12 heteroatoms. The smallest absolute Gasteiger partial charge is 0.406 e. The number of benzene rings is 2. The molecule has 36 heavy (non-hydrogen) atoms. The Bertz CT molecular complexity index is 1300. The van der Waals surface area contributed by atoms with E-state index in [9.17, 15) is 27.6 Å². The van der Waals surface area contributed by atoms with E-state index < -0.39 is 36.0 Å². The number of amides is 4. The van der Waals surface area contributed by atoms with Crippen LogP contribution in [0.4, 0.5) is 29.5 Å². The first-order valence-corrected chi connectivity index (χ1v) is 10.9. The Morgan fingerprint density at radius 2 is 1.75 bits per heavy atom. The maximum Gasteiger partial charge on any atom is 0.573 e. The Balaban J connectivity index is 1.47. The Kier molecular flexibility index (Phi) is 6.84. The van der Waals surface area contributed by atoms with E-state index in [2.05, 4.69) is 15.0 Å². The first-order valence-electron chi connectivity index (χ1n) is 10.5. The van der Waals surface area contributed by atoms with Gasteiger partial charge in [0, 0.05) is 23.3 Å². The van der Waals surface area contributed by atoms with Crippen LogP contribution in [-0.2, 0) is 11.3 Å². The number of anilines is 2. The van der Waals surface area contributed by atoms with E-state index in [1.54, 1.807) is 43.3 Å². The summed E-state index contributed by atoms with van der Waals surface area (Å²) in [6.07, 6.45) is -3.40. The van der Waals surface area contributed by atoms with Gasteiger partial charge in [0.2, 0.25) is 0 Å². The summed E-state index contributed by atoms with van der Waals surface area (Å²) in [5, 5.41) is 3.16. The summed E-state index contributed by atoms with van der Waals surface area (Å²) >= 11 is 5.84. The number of ether oxygens (including phenoxy) is 1. The van der Waals surface area contributed by atoms with Crippen molar-refractivity contribution in [3.63, 3.8) is 0 Å². The molecule has 1 aromatic heterocycles. The minimum absolute atomic E-state index is 0.0316. The van der Waals surface area contributed by atoms with Crippen LogP contribution in [0.25, 0.3) is 0 Å². The topological polar surface area (TPSA) is 91.8 Å². The van der Waals surface area contributed by atoms with Gasteiger partial charge in [-0.2, -0.15) is 0 Å². The molecular formula is C24H18ClF3N4O4. The van der Waals surface area contributed by atoms with Gasteiger partial charge in [-0.15, -0.1) is 13.2 Å². The minimum Gasteiger partial charge on any atom is -0.406 e. The van der Waals surface area contributed by atoms with E-state index in [-0.39, 0.29) is 18.1 Å². The molecule has 2 heterocycles. The van der Waals surface area contributed by atoms with Gasteiger partial charge in [-0.05, 0) is 73.2 Å². The van der Waals surface area contributed by atoms with Crippen LogP contribution in [0.15, 0.2) is 66.9 Å². The van der Waals surface area contributed by atoms with Crippen LogP contribution in [0.2, 0.25) is 5.02 Å². The molecule has 2 aromatic carbocycles. The van der Waals surface area contributed by atoms with Crippen molar-refractivity contribution in [3.8, 4) is 5.75 Å². The van der Waals surface area contributed by atoms with Crippen molar-refractivity contribution in [2.75, 3.05) is 10.2 Å². The van der Waals surface area contributed by atoms with Crippen LogP contribution in [-0.4, -0.2) is 40.1 Å². The second-order valence-electron chi connectivity index (χ2n) is 7.81. The van der Waals surface area contributed by atoms with Crippen molar-refractivity contribution in [1.29, 1.82) is 0 Å². The number of pyridine rings is 1. The van der Waals surface area contributed by atoms with Gasteiger partial charge in [0.25, 0.3) is 11.8 Å². The molecule has 1 aliphatic heterocycles. The quantitative estimate of drug-likeness (QED) is 0.450. The number of nitrogens with one attached hydrogen (secondary N) is 1. The van der Waals surface area contributed by atoms with Crippen LogP contribution in [0.3, 0.4) is 0 Å². The van der Waals surface area contributed by atoms with E-state index in [0.29, 0.717) is 16.1 Å². The number of alkyl halides is 3. The summed E-state index contributed by atoms with van der Waals surface area (Å²) in [7, 11) is 0. The van der Waals surface area contributed by atoms with Gasteiger partial charge in [-0.25, -0.2) is 14.7 Å². The molecule has 0 aliphatic carbocycles. The van der Waals surface area contributed by atoms with E-state index in [1.807, 2.05) is 0 Å². The molecule has 186 valence electrons. The Hall–Kier alpha value is -4.12. The van der Waals surface area contributed by atoms with Gasteiger partial charge in [0.1, 0.15) is 17.6 Å². The Labute approximate surface area is 208 Å². The lowest BCUT2D eigenvalue weighted by Gasteiger charge is -2.20. The molecule has 1 atom stereocenters. The number of carbonyl (C=O) groups excluding carboxylic acids is 3. The highest BCUT2D eigenvalue weighted by Crippen LogP contribution is 2.30. The van der Waals surface area contributed by atoms with Gasteiger partial charge in [-0.3, -0.25) is 9.59 Å². The number of aromatic nitrogens is 1. The zero-order chi connectivity index (χ0) is 26.0. The van der Waals surface area contributed by atoms with Crippen molar-refractivity contribution in [2.24, 2.45) is 0 Å². The van der Waals surface area contributed by atoms with Gasteiger partial charge >= 0.3 is 12.4 Å². The van der Waals surface area contributed by atoms with Crippen LogP contribution in [0, 0.1) is 0 Å². The molecule has 0 radical (unpaired) electrons. The van der Waals surface area contributed by atoms with Crippen LogP contribution < -0.4 is 15.0 Å². The van der Waals surface area contributed by atoms with Crippen molar-refractivity contribution in [2.45, 2.75) is 25.9 Å². The number of hydrogen-bond donors (Lipinski definition) is 1. The van der Waals surface area contributed by atoms with Crippen LogP contribution in [0.5, 0.6) is 5.75 Å². The number of halogens is 4. The van der Waals surface area contributed by atoms with E-state index in [4.69, 9.17) is 11.6 Å². The first-order chi connectivity index (χ1) is 17.0. The SMILES string of the molecule is CC1C(=O)N(c2ccc(OC(F)(F)F)cc2)C(=O)N1Cc1ccnc(NC(=O)c2ccc(Cl)cc2)c1. The fraction of sp³-hybridized carbons (Fsp3) is 0.167. The van der Waals surface area contributed by atoms with E-state index >= 15 is 0 Å². The zero-order valence-electron chi connectivity index (χ0n) is 18.6. The molecule has 1 saturated heterocycles. The maximum atomic E-state index is 13.0. The third-order valence-corrected chi connectivity index (χ3v) is 5.59. The highest BCUT2D eigenvalue weighted by Gasteiger charge is 2.43. The third-order valence-electron chi connectivity index (χ3n) is 5.34. The second-order valence-corrected chi connectivity index (χ2v) is 8.25. The highest BCUT2D eigenvalue weighted by molar-refractivity contribution is 6.30. The summed E-state index contributed by atoms with van der Waals surface area (Å²) in [5.74, 6) is -1.16. The molecule has 3 aromatic rings. The summed E-state index contributed by atoms with van der Waals surface area (Å²) in [6.45, 7) is 1.58. The number of rotatable bonds is 6. The molecule has 8 nitrogen and oxygen atoms in total. The summed E-state index contributed by atoms with van der Waals surface area (Å²) in [6, 6.07) is 12.5. The number of carbonyl (C=O) groups is 3. The summed E-state index contributed by atoms with van der Waals surface area (Å²) < 4.78 is 41.0. The van der Waals surface area contributed by atoms with Gasteiger partial charge < -0.3 is 15.0 Å². The van der Waals surface area contributed by atoms with Gasteiger partial charge in [0.05, 0.1) is 5.69 Å². The lowest BCUT2D eigenvalue weighted by atomic mass is 10.2. The van der Waals surface area contributed by atoms with Crippen LogP contribution >= 0.6 is 11.6 Å². The number of nitrogens with zero attached hydrogens (tertiary/aromatic N) is 3. The summed E-state index contributed by atoms with van der Waals surface area (Å²) in [4.78, 5) is 44.6. The summed E-state index contributed by atoms with van der Waals surface area (Å²) in [5.41, 5.74) is 1.09. The molecule has 1 fully saturated rings. The molecule has 0 saturated carbocycles. The molecule has 4 amide bonds. The fourth-order valence-corrected chi connectivity index (χ4v) is 3.70. The fourth-order valence-electron chi connectivity index (χ4n) is 3.58. The van der Waals surface area contributed by atoms with Gasteiger partial charge in [0.15, 0.2) is 0 Å². The predicted molar refractivity (Wildman–Crippen MR) is 125 cm³/mol. The lowest BCUT2D eigenvalue weighted by molar-refractivity contribution is -0.274. The van der Waals surface area contributed by atoms with E-state index in [0.717, 1.165) is 17.0 Å². The van der Waals surface area contributed by atoms with Crippen molar-refractivity contribution in [1.82, 2.24) is 9.88 Å². The van der Waals surface area contributed by atoms with Crippen molar-refractivity contribution < 1.29 is 32.3 Å². The Morgan fingerprint density at radius 3 is 2.39 bits per heavy atom. The lowest BCUT2D eigenvalue weighted by Crippen LogP contribution is -2.33. The van der Waals surface area contributed by atoms with E-state index in [1.165, 1.54) is 23.2 Å².